The second kappa shape index (κ2) is 11.5. The van der Waals surface area contributed by atoms with Crippen molar-refractivity contribution in [2.45, 2.75) is 62.9 Å². The van der Waals surface area contributed by atoms with Crippen LogP contribution in [-0.2, 0) is 33.5 Å². The van der Waals surface area contributed by atoms with Crippen LogP contribution in [0, 0.1) is 0 Å². The Hall–Kier alpha value is -2.46. The molecule has 6 nitrogen and oxygen atoms in total. The van der Waals surface area contributed by atoms with E-state index in [-0.39, 0.29) is 56.9 Å². The summed E-state index contributed by atoms with van der Waals surface area (Å²) in [6.07, 6.45) is -4.21. The topological polar surface area (TPSA) is 71.0 Å². The fourth-order valence-electron chi connectivity index (χ4n) is 4.78. The van der Waals surface area contributed by atoms with Gasteiger partial charge in [0.25, 0.3) is 0 Å². The van der Waals surface area contributed by atoms with Gasteiger partial charge in [0, 0.05) is 25.7 Å². The lowest BCUT2D eigenvalue weighted by Gasteiger charge is -2.44. The van der Waals surface area contributed by atoms with E-state index in [1.165, 1.54) is 6.07 Å². The smallest absolute Gasteiger partial charge is 0.389 e. The predicted molar refractivity (Wildman–Crippen MR) is 123 cm³/mol. The maximum absolute atomic E-state index is 13.2. The molecule has 0 spiro atoms. The summed E-state index contributed by atoms with van der Waals surface area (Å²) in [5.74, 6) is -0.0969. The Morgan fingerprint density at radius 1 is 1.06 bits per heavy atom. The van der Waals surface area contributed by atoms with Gasteiger partial charge in [-0.25, -0.2) is 0 Å². The maximum atomic E-state index is 13.2. The lowest BCUT2D eigenvalue weighted by atomic mass is 9.94. The molecule has 9 heteroatoms. The first-order chi connectivity index (χ1) is 16.8. The molecular formula is C26H31F3N2O4. The van der Waals surface area contributed by atoms with Crippen molar-refractivity contribution in [1.82, 2.24) is 10.2 Å². The summed E-state index contributed by atoms with van der Waals surface area (Å²) >= 11 is 0. The largest absolute Gasteiger partial charge is 0.416 e. The Balaban J connectivity index is 1.38. The zero-order chi connectivity index (χ0) is 24.8. The molecular weight excluding hydrogens is 461 g/mol. The van der Waals surface area contributed by atoms with Crippen molar-refractivity contribution in [2.24, 2.45) is 0 Å². The van der Waals surface area contributed by atoms with Crippen molar-refractivity contribution in [3.63, 3.8) is 0 Å². The van der Waals surface area contributed by atoms with Crippen molar-refractivity contribution in [2.75, 3.05) is 19.8 Å². The number of fused-ring (bicyclic) bond motifs is 1. The van der Waals surface area contributed by atoms with Crippen molar-refractivity contribution in [1.29, 1.82) is 0 Å². The first-order valence-corrected chi connectivity index (χ1v) is 11.9. The van der Waals surface area contributed by atoms with Gasteiger partial charge in [-0.05, 0) is 30.0 Å². The molecule has 2 aromatic carbocycles. The van der Waals surface area contributed by atoms with Crippen LogP contribution in [0.25, 0.3) is 0 Å². The molecule has 2 aliphatic rings. The lowest BCUT2D eigenvalue weighted by Crippen LogP contribution is -2.55. The molecule has 1 amide bonds. The monoisotopic (exact) mass is 492 g/mol. The van der Waals surface area contributed by atoms with Gasteiger partial charge in [-0.2, -0.15) is 13.2 Å². The molecule has 2 saturated heterocycles. The van der Waals surface area contributed by atoms with Gasteiger partial charge in [-0.1, -0.05) is 48.5 Å². The average Bonchev–Trinajstić information content (AvgIpc) is 2.82. The summed E-state index contributed by atoms with van der Waals surface area (Å²) in [5, 5.41) is 13.2. The molecule has 0 radical (unpaired) electrons. The van der Waals surface area contributed by atoms with E-state index in [0.29, 0.717) is 24.9 Å². The fourth-order valence-corrected chi connectivity index (χ4v) is 4.78. The van der Waals surface area contributed by atoms with Crippen LogP contribution in [0.1, 0.15) is 36.0 Å². The van der Waals surface area contributed by atoms with Gasteiger partial charge in [0.1, 0.15) is 0 Å². The van der Waals surface area contributed by atoms with Gasteiger partial charge >= 0.3 is 6.18 Å². The quantitative estimate of drug-likeness (QED) is 0.646. The molecule has 2 aliphatic heterocycles. The Bertz CT molecular complexity index is 973. The van der Waals surface area contributed by atoms with Gasteiger partial charge in [0.2, 0.25) is 5.91 Å². The van der Waals surface area contributed by atoms with E-state index in [1.807, 2.05) is 35.2 Å². The SMILES string of the molecule is O=C(C[C@H]1CC[C@@H]2[C@H](COC[C@H](O)CN2Cc2cccc(C(F)(F)F)c2)O1)NCc1ccccc1. The molecule has 2 aromatic rings. The summed E-state index contributed by atoms with van der Waals surface area (Å²) in [4.78, 5) is 14.5. The summed E-state index contributed by atoms with van der Waals surface area (Å²) in [7, 11) is 0. The molecule has 4 rings (SSSR count). The number of halogens is 3. The number of nitrogens with zero attached hydrogens (tertiary/aromatic N) is 1. The number of rotatable bonds is 6. The van der Waals surface area contributed by atoms with Crippen LogP contribution in [0.4, 0.5) is 13.2 Å². The van der Waals surface area contributed by atoms with Crippen LogP contribution in [0.15, 0.2) is 54.6 Å². The minimum atomic E-state index is -4.41. The fraction of sp³-hybridized carbons (Fsp3) is 0.500. The van der Waals surface area contributed by atoms with Crippen LogP contribution < -0.4 is 5.32 Å². The van der Waals surface area contributed by atoms with Crippen LogP contribution in [0.2, 0.25) is 0 Å². The first kappa shape index (κ1) is 25.6. The second-order valence-electron chi connectivity index (χ2n) is 9.23. The number of ether oxygens (including phenoxy) is 2. The molecule has 190 valence electrons. The molecule has 4 atom stereocenters. The predicted octanol–water partition coefficient (Wildman–Crippen LogP) is 3.52. The minimum absolute atomic E-state index is 0.0969. The molecule has 2 N–H and O–H groups in total. The van der Waals surface area contributed by atoms with Crippen LogP contribution in [0.3, 0.4) is 0 Å². The zero-order valence-electron chi connectivity index (χ0n) is 19.4. The van der Waals surface area contributed by atoms with E-state index in [2.05, 4.69) is 5.32 Å². The summed E-state index contributed by atoms with van der Waals surface area (Å²) in [6.45, 7) is 1.35. The van der Waals surface area contributed by atoms with E-state index in [0.717, 1.165) is 17.7 Å². The van der Waals surface area contributed by atoms with E-state index < -0.39 is 17.8 Å². The molecule has 35 heavy (non-hydrogen) atoms. The highest BCUT2D eigenvalue weighted by atomic mass is 19.4. The van der Waals surface area contributed by atoms with Gasteiger partial charge in [-0.15, -0.1) is 0 Å². The van der Waals surface area contributed by atoms with Gasteiger partial charge in [-0.3, -0.25) is 9.69 Å². The number of alkyl halides is 3. The number of nitrogens with one attached hydrogen (secondary N) is 1. The Kier molecular flexibility index (Phi) is 8.43. The van der Waals surface area contributed by atoms with E-state index in [1.54, 1.807) is 6.07 Å². The van der Waals surface area contributed by atoms with Gasteiger partial charge in [0.15, 0.2) is 0 Å². The third-order valence-corrected chi connectivity index (χ3v) is 6.47. The van der Waals surface area contributed by atoms with Crippen molar-refractivity contribution >= 4 is 5.91 Å². The summed E-state index contributed by atoms with van der Waals surface area (Å²) < 4.78 is 51.4. The van der Waals surface area contributed by atoms with Crippen molar-refractivity contribution < 1.29 is 32.5 Å². The number of aliphatic hydroxyl groups excluding tert-OH is 1. The third-order valence-electron chi connectivity index (χ3n) is 6.47. The normalized spacial score (nSPS) is 25.8. The number of benzene rings is 2. The molecule has 2 heterocycles. The number of β-amino-alcohol motifs (C(OH)–C–C–N with tert-alkyl or cyclic N) is 1. The molecule has 0 bridgehead atoms. The highest BCUT2D eigenvalue weighted by molar-refractivity contribution is 5.76. The summed E-state index contributed by atoms with van der Waals surface area (Å²) in [6, 6.07) is 14.8. The highest BCUT2D eigenvalue weighted by Crippen LogP contribution is 2.32. The molecule has 2 fully saturated rings. The zero-order valence-corrected chi connectivity index (χ0v) is 19.4. The number of amides is 1. The van der Waals surface area contributed by atoms with E-state index >= 15 is 0 Å². The minimum Gasteiger partial charge on any atom is -0.389 e. The first-order valence-electron chi connectivity index (χ1n) is 11.9. The number of hydrogen-bond acceptors (Lipinski definition) is 5. The molecule has 0 saturated carbocycles. The average molecular weight is 493 g/mol. The van der Waals surface area contributed by atoms with Crippen LogP contribution >= 0.6 is 0 Å². The van der Waals surface area contributed by atoms with Crippen molar-refractivity contribution in [3.05, 3.63) is 71.3 Å². The standard InChI is InChI=1S/C26H31F3N2O4/c27-26(28,29)20-8-4-7-19(11-20)14-31-15-21(32)16-34-17-24-23(31)10-9-22(35-24)12-25(33)30-13-18-5-2-1-3-6-18/h1-8,11,21-24,32H,9-10,12-17H2,(H,30,33)/t21-,22-,23-,24+/m1/s1. The number of aliphatic hydroxyl groups is 1. The van der Waals surface area contributed by atoms with Crippen LogP contribution in [0.5, 0.6) is 0 Å². The lowest BCUT2D eigenvalue weighted by molar-refractivity contribution is -0.158. The maximum Gasteiger partial charge on any atom is 0.416 e. The van der Waals surface area contributed by atoms with Gasteiger partial charge in [0.05, 0.1) is 43.5 Å². The Morgan fingerprint density at radius 2 is 1.83 bits per heavy atom. The number of carbonyl (C=O) groups excluding carboxylic acids is 1. The molecule has 0 aliphatic carbocycles. The van der Waals surface area contributed by atoms with Gasteiger partial charge < -0.3 is 19.9 Å². The van der Waals surface area contributed by atoms with E-state index in [4.69, 9.17) is 9.47 Å². The third kappa shape index (κ3) is 7.27. The molecule has 0 aromatic heterocycles. The van der Waals surface area contributed by atoms with E-state index in [9.17, 15) is 23.1 Å². The highest BCUT2D eigenvalue weighted by Gasteiger charge is 2.38. The second-order valence-corrected chi connectivity index (χ2v) is 9.23. The molecule has 0 unspecified atom stereocenters. The number of hydrogen-bond donors (Lipinski definition) is 2. The Morgan fingerprint density at radius 3 is 2.60 bits per heavy atom. The van der Waals surface area contributed by atoms with Crippen LogP contribution in [-0.4, -0.2) is 60.0 Å². The van der Waals surface area contributed by atoms with Crippen molar-refractivity contribution in [3.8, 4) is 0 Å². The number of carbonyl (C=O) groups is 1. The summed E-state index contributed by atoms with van der Waals surface area (Å²) in [5.41, 5.74) is 0.848. The Labute approximate surface area is 203 Å².